The first-order chi connectivity index (χ1) is 16.0. The van der Waals surface area contributed by atoms with Crippen LogP contribution in [-0.4, -0.2) is 46.4 Å². The fourth-order valence-electron chi connectivity index (χ4n) is 3.67. The van der Waals surface area contributed by atoms with Gasteiger partial charge in [-0.25, -0.2) is 13.6 Å². The van der Waals surface area contributed by atoms with Crippen molar-refractivity contribution in [3.05, 3.63) is 48.0 Å². The summed E-state index contributed by atoms with van der Waals surface area (Å²) in [6.07, 6.45) is 1.05. The van der Waals surface area contributed by atoms with E-state index in [1.807, 2.05) is 6.07 Å². The molecule has 33 heavy (non-hydrogen) atoms. The van der Waals surface area contributed by atoms with Crippen LogP contribution in [0.5, 0.6) is 11.5 Å². The molecule has 0 spiro atoms. The second kappa shape index (κ2) is 8.62. The van der Waals surface area contributed by atoms with Crippen LogP contribution in [0.3, 0.4) is 0 Å². The number of nitrogens with zero attached hydrogens (tertiary/aromatic N) is 3. The van der Waals surface area contributed by atoms with Crippen LogP contribution in [0.4, 0.5) is 24.4 Å². The number of aromatic nitrogens is 2. The topological polar surface area (TPSA) is 106 Å². The van der Waals surface area contributed by atoms with Gasteiger partial charge in [0.25, 0.3) is 0 Å². The minimum Gasteiger partial charge on any atom is -0.454 e. The fraction of sp³-hybridized carbons (Fsp3) is 0.238. The van der Waals surface area contributed by atoms with Gasteiger partial charge in [-0.1, -0.05) is 11.3 Å². The maximum Gasteiger partial charge on any atom is 0.322 e. The highest BCUT2D eigenvalue weighted by Crippen LogP contribution is 2.37. The molecule has 1 saturated heterocycles. The van der Waals surface area contributed by atoms with Gasteiger partial charge in [0.15, 0.2) is 11.5 Å². The smallest absolute Gasteiger partial charge is 0.322 e. The second-order valence-corrected chi connectivity index (χ2v) is 8.35. The first-order valence-corrected chi connectivity index (χ1v) is 10.9. The molecule has 1 aromatic heterocycles. The molecular formula is C21H17F2N5O4S. The molecule has 1 atom stereocenters. The van der Waals surface area contributed by atoms with Crippen LogP contribution in [0.25, 0.3) is 10.6 Å². The van der Waals surface area contributed by atoms with E-state index in [2.05, 4.69) is 20.8 Å². The minimum atomic E-state index is -0.895. The number of carbonyl (C=O) groups excluding carboxylic acids is 2. The number of hydrogen-bond acceptors (Lipinski definition) is 7. The zero-order valence-electron chi connectivity index (χ0n) is 17.0. The minimum absolute atomic E-state index is 0.162. The van der Waals surface area contributed by atoms with Crippen LogP contribution in [0.2, 0.25) is 0 Å². The standard InChI is InChI=1S/C21H17F2N5O4S/c22-12-4-5-14(13(23)9-12)24-21(30)28-7-1-2-15(28)18(29)25-20-27-26-19(33-20)11-3-6-16-17(8-11)32-10-31-16/h3-6,8-9,15H,1-2,7,10H2,(H,24,30)(H,25,27,29). The fourth-order valence-corrected chi connectivity index (χ4v) is 4.41. The zero-order valence-corrected chi connectivity index (χ0v) is 17.8. The lowest BCUT2D eigenvalue weighted by atomic mass is 10.2. The highest BCUT2D eigenvalue weighted by atomic mass is 32.1. The highest BCUT2D eigenvalue weighted by Gasteiger charge is 2.35. The summed E-state index contributed by atoms with van der Waals surface area (Å²) in [6.45, 7) is 0.487. The number of hydrogen-bond donors (Lipinski definition) is 2. The Kier molecular flexibility index (Phi) is 5.50. The first kappa shape index (κ1) is 21.1. The molecule has 5 rings (SSSR count). The molecule has 3 amide bonds. The van der Waals surface area contributed by atoms with Crippen molar-refractivity contribution in [1.29, 1.82) is 0 Å². The predicted octanol–water partition coefficient (Wildman–Crippen LogP) is 3.85. The molecule has 0 bridgehead atoms. The number of urea groups is 1. The lowest BCUT2D eigenvalue weighted by molar-refractivity contribution is -0.119. The number of benzene rings is 2. The van der Waals surface area contributed by atoms with Gasteiger partial charge in [-0.05, 0) is 43.2 Å². The maximum absolute atomic E-state index is 13.9. The quantitative estimate of drug-likeness (QED) is 0.597. The number of ether oxygens (including phenoxy) is 2. The second-order valence-electron chi connectivity index (χ2n) is 7.38. The Balaban J connectivity index is 1.25. The Bertz CT molecular complexity index is 1240. The zero-order chi connectivity index (χ0) is 22.9. The molecule has 1 fully saturated rings. The molecule has 1 unspecified atom stereocenters. The van der Waals surface area contributed by atoms with Gasteiger partial charge in [0.05, 0.1) is 5.69 Å². The molecule has 12 heteroatoms. The Labute approximate surface area is 190 Å². The van der Waals surface area contributed by atoms with Crippen LogP contribution in [0.15, 0.2) is 36.4 Å². The van der Waals surface area contributed by atoms with Crippen LogP contribution in [-0.2, 0) is 4.79 Å². The average molecular weight is 473 g/mol. The summed E-state index contributed by atoms with van der Waals surface area (Å²) < 4.78 is 37.6. The van der Waals surface area contributed by atoms with Gasteiger partial charge in [0, 0.05) is 18.2 Å². The summed E-state index contributed by atoms with van der Waals surface area (Å²) in [4.78, 5) is 26.8. The van der Waals surface area contributed by atoms with E-state index < -0.39 is 29.6 Å². The van der Waals surface area contributed by atoms with Gasteiger partial charge in [-0.15, -0.1) is 10.2 Å². The van der Waals surface area contributed by atoms with Crippen molar-refractivity contribution in [2.75, 3.05) is 24.0 Å². The van der Waals surface area contributed by atoms with Crippen molar-refractivity contribution in [3.8, 4) is 22.1 Å². The van der Waals surface area contributed by atoms with Crippen LogP contribution >= 0.6 is 11.3 Å². The van der Waals surface area contributed by atoms with Gasteiger partial charge in [-0.2, -0.15) is 0 Å². The Morgan fingerprint density at radius 1 is 1.06 bits per heavy atom. The maximum atomic E-state index is 13.9. The molecule has 2 aliphatic rings. The third-order valence-corrected chi connectivity index (χ3v) is 6.15. The molecular weight excluding hydrogens is 456 g/mol. The number of carbonyl (C=O) groups is 2. The van der Waals surface area contributed by atoms with E-state index in [0.29, 0.717) is 42.0 Å². The van der Waals surface area contributed by atoms with Crippen molar-refractivity contribution in [1.82, 2.24) is 15.1 Å². The van der Waals surface area contributed by atoms with E-state index in [1.165, 1.54) is 16.2 Å². The van der Waals surface area contributed by atoms with Gasteiger partial charge < -0.3 is 19.7 Å². The van der Waals surface area contributed by atoms with Crippen LogP contribution in [0, 0.1) is 11.6 Å². The Morgan fingerprint density at radius 3 is 2.76 bits per heavy atom. The summed E-state index contributed by atoms with van der Waals surface area (Å²) in [7, 11) is 0. The summed E-state index contributed by atoms with van der Waals surface area (Å²) in [5.74, 6) is -0.805. The Hall–Kier alpha value is -3.80. The van der Waals surface area contributed by atoms with Gasteiger partial charge in [0.2, 0.25) is 17.8 Å². The number of amides is 3. The molecule has 3 aromatic rings. The third kappa shape index (κ3) is 4.29. The number of rotatable bonds is 4. The summed E-state index contributed by atoms with van der Waals surface area (Å²) >= 11 is 1.18. The number of likely N-dealkylation sites (tertiary alicyclic amines) is 1. The molecule has 0 aliphatic carbocycles. The third-order valence-electron chi connectivity index (χ3n) is 5.26. The molecule has 0 radical (unpaired) electrons. The molecule has 170 valence electrons. The number of fused-ring (bicyclic) bond motifs is 1. The molecule has 2 aliphatic heterocycles. The van der Waals surface area contributed by atoms with E-state index in [9.17, 15) is 18.4 Å². The molecule has 0 saturated carbocycles. The van der Waals surface area contributed by atoms with Crippen molar-refractivity contribution in [2.45, 2.75) is 18.9 Å². The number of halogens is 2. The number of anilines is 2. The highest BCUT2D eigenvalue weighted by molar-refractivity contribution is 7.18. The van der Waals surface area contributed by atoms with E-state index >= 15 is 0 Å². The largest absolute Gasteiger partial charge is 0.454 e. The SMILES string of the molecule is O=C(Nc1nnc(-c2ccc3c(c2)OCO3)s1)C1CCCN1C(=O)Nc1ccc(F)cc1F. The van der Waals surface area contributed by atoms with E-state index in [-0.39, 0.29) is 17.6 Å². The Morgan fingerprint density at radius 2 is 1.91 bits per heavy atom. The molecule has 2 aromatic carbocycles. The van der Waals surface area contributed by atoms with E-state index in [4.69, 9.17) is 9.47 Å². The molecule has 2 N–H and O–H groups in total. The lowest BCUT2D eigenvalue weighted by Gasteiger charge is -2.23. The van der Waals surface area contributed by atoms with Crippen molar-refractivity contribution >= 4 is 34.1 Å². The van der Waals surface area contributed by atoms with Gasteiger partial charge in [-0.3, -0.25) is 10.1 Å². The predicted molar refractivity (Wildman–Crippen MR) is 115 cm³/mol. The van der Waals surface area contributed by atoms with Gasteiger partial charge in [0.1, 0.15) is 22.7 Å². The van der Waals surface area contributed by atoms with Crippen LogP contribution < -0.4 is 20.1 Å². The first-order valence-electron chi connectivity index (χ1n) is 10.0. The van der Waals surface area contributed by atoms with E-state index in [0.717, 1.165) is 17.7 Å². The summed E-state index contributed by atoms with van der Waals surface area (Å²) in [6, 6.07) is 6.83. The van der Waals surface area contributed by atoms with Gasteiger partial charge >= 0.3 is 6.03 Å². The summed E-state index contributed by atoms with van der Waals surface area (Å²) in [5, 5.41) is 14.1. The van der Waals surface area contributed by atoms with E-state index in [1.54, 1.807) is 12.1 Å². The molecule has 9 nitrogen and oxygen atoms in total. The average Bonchev–Trinajstić information content (AvgIpc) is 3.55. The summed E-state index contributed by atoms with van der Waals surface area (Å²) in [5.41, 5.74) is 0.602. The monoisotopic (exact) mass is 473 g/mol. The van der Waals surface area contributed by atoms with Crippen molar-refractivity contribution in [3.63, 3.8) is 0 Å². The van der Waals surface area contributed by atoms with Crippen molar-refractivity contribution < 1.29 is 27.8 Å². The number of nitrogens with one attached hydrogen (secondary N) is 2. The van der Waals surface area contributed by atoms with Crippen LogP contribution in [0.1, 0.15) is 12.8 Å². The molecule has 3 heterocycles. The normalized spacial score (nSPS) is 16.7. The lowest BCUT2D eigenvalue weighted by Crippen LogP contribution is -2.45. The van der Waals surface area contributed by atoms with Crippen molar-refractivity contribution in [2.24, 2.45) is 0 Å².